The average molecular weight is 334 g/mol. The Morgan fingerprint density at radius 1 is 1.00 bits per heavy atom. The molecule has 0 spiro atoms. The molecule has 0 aliphatic heterocycles. The Hall–Kier alpha value is -2.93. The number of nitriles is 1. The third-order valence-corrected chi connectivity index (χ3v) is 4.24. The van der Waals surface area contributed by atoms with E-state index in [9.17, 15) is 9.59 Å². The molecular weight excluding hydrogens is 312 g/mol. The van der Waals surface area contributed by atoms with Crippen molar-refractivity contribution in [2.75, 3.05) is 0 Å². The zero-order valence-corrected chi connectivity index (χ0v) is 15.0. The maximum Gasteiger partial charge on any atom is 0.252 e. The summed E-state index contributed by atoms with van der Waals surface area (Å²) >= 11 is 0. The second kappa shape index (κ2) is 7.76. The molecule has 0 aromatic heterocycles. The Balaban J connectivity index is 2.27. The Bertz CT molecular complexity index is 810. The second-order valence-corrected chi connectivity index (χ2v) is 6.52. The number of hydrogen-bond donors (Lipinski definition) is 1. The third-order valence-electron chi connectivity index (χ3n) is 4.24. The standard InChI is InChI=1S/C21H22N2O2/c1-13(2)19(20(24)17-10-8-16(12-22)9-11-17)23-21(25)18-14(3)6-5-7-15(18)4/h5-11,13,19H,1-4H3,(H,23,25). The number of rotatable bonds is 5. The molecule has 1 atom stereocenters. The molecule has 2 aromatic carbocycles. The zero-order valence-electron chi connectivity index (χ0n) is 15.0. The zero-order chi connectivity index (χ0) is 18.6. The average Bonchev–Trinajstić information content (AvgIpc) is 2.58. The summed E-state index contributed by atoms with van der Waals surface area (Å²) < 4.78 is 0. The lowest BCUT2D eigenvalue weighted by molar-refractivity contribution is 0.0830. The van der Waals surface area contributed by atoms with E-state index in [-0.39, 0.29) is 17.6 Å². The highest BCUT2D eigenvalue weighted by atomic mass is 16.2. The van der Waals surface area contributed by atoms with Crippen LogP contribution in [0.3, 0.4) is 0 Å². The van der Waals surface area contributed by atoms with Gasteiger partial charge in [-0.25, -0.2) is 0 Å². The van der Waals surface area contributed by atoms with Gasteiger partial charge in [-0.2, -0.15) is 5.26 Å². The Labute approximate surface area is 148 Å². The van der Waals surface area contributed by atoms with Gasteiger partial charge in [0.05, 0.1) is 17.7 Å². The highest BCUT2D eigenvalue weighted by molar-refractivity contribution is 6.05. The van der Waals surface area contributed by atoms with Crippen molar-refractivity contribution < 1.29 is 9.59 Å². The summed E-state index contributed by atoms with van der Waals surface area (Å²) in [7, 11) is 0. The minimum atomic E-state index is -0.626. The fourth-order valence-corrected chi connectivity index (χ4v) is 2.81. The maximum atomic E-state index is 12.8. The van der Waals surface area contributed by atoms with Gasteiger partial charge in [0.1, 0.15) is 0 Å². The monoisotopic (exact) mass is 334 g/mol. The first-order valence-electron chi connectivity index (χ1n) is 8.26. The van der Waals surface area contributed by atoms with Crippen LogP contribution < -0.4 is 5.32 Å². The number of aryl methyl sites for hydroxylation is 2. The summed E-state index contributed by atoms with van der Waals surface area (Å²) in [6.45, 7) is 7.57. The molecule has 1 N–H and O–H groups in total. The fourth-order valence-electron chi connectivity index (χ4n) is 2.81. The summed E-state index contributed by atoms with van der Waals surface area (Å²) in [5, 5.41) is 11.8. The SMILES string of the molecule is Cc1cccc(C)c1C(=O)NC(C(=O)c1ccc(C#N)cc1)C(C)C. The molecule has 25 heavy (non-hydrogen) atoms. The van der Waals surface area contributed by atoms with E-state index in [0.29, 0.717) is 16.7 Å². The van der Waals surface area contributed by atoms with Crippen LogP contribution in [0.1, 0.15) is 51.3 Å². The molecule has 1 unspecified atom stereocenters. The van der Waals surface area contributed by atoms with E-state index in [0.717, 1.165) is 11.1 Å². The van der Waals surface area contributed by atoms with Crippen LogP contribution in [0.15, 0.2) is 42.5 Å². The van der Waals surface area contributed by atoms with Gasteiger partial charge in [0.25, 0.3) is 5.91 Å². The van der Waals surface area contributed by atoms with E-state index >= 15 is 0 Å². The van der Waals surface area contributed by atoms with Crippen molar-refractivity contribution >= 4 is 11.7 Å². The van der Waals surface area contributed by atoms with Gasteiger partial charge in [-0.1, -0.05) is 44.2 Å². The number of Topliss-reactive ketones (excluding diaryl/α,β-unsaturated/α-hetero) is 1. The normalized spacial score (nSPS) is 11.7. The van der Waals surface area contributed by atoms with Crippen molar-refractivity contribution in [3.8, 4) is 6.07 Å². The Morgan fingerprint density at radius 2 is 1.56 bits per heavy atom. The summed E-state index contributed by atoms with van der Waals surface area (Å²) in [4.78, 5) is 25.6. The van der Waals surface area contributed by atoms with Crippen LogP contribution in [0.25, 0.3) is 0 Å². The molecule has 2 rings (SSSR count). The number of nitrogens with zero attached hydrogens (tertiary/aromatic N) is 1. The fraction of sp³-hybridized carbons (Fsp3) is 0.286. The van der Waals surface area contributed by atoms with Crippen molar-refractivity contribution in [3.05, 3.63) is 70.3 Å². The van der Waals surface area contributed by atoms with Gasteiger partial charge >= 0.3 is 0 Å². The summed E-state index contributed by atoms with van der Waals surface area (Å²) in [6, 6.07) is 13.5. The van der Waals surface area contributed by atoms with Crippen LogP contribution in [0.5, 0.6) is 0 Å². The van der Waals surface area contributed by atoms with Gasteiger partial charge in [0.15, 0.2) is 5.78 Å². The number of carbonyl (C=O) groups is 2. The van der Waals surface area contributed by atoms with Crippen LogP contribution >= 0.6 is 0 Å². The van der Waals surface area contributed by atoms with E-state index in [1.165, 1.54) is 0 Å². The molecule has 0 aliphatic carbocycles. The van der Waals surface area contributed by atoms with Crippen LogP contribution in [0.4, 0.5) is 0 Å². The molecule has 0 saturated heterocycles. The highest BCUT2D eigenvalue weighted by Crippen LogP contribution is 2.16. The number of amides is 1. The van der Waals surface area contributed by atoms with Crippen molar-refractivity contribution in [1.82, 2.24) is 5.32 Å². The van der Waals surface area contributed by atoms with E-state index in [1.54, 1.807) is 24.3 Å². The molecule has 0 aliphatic rings. The number of benzene rings is 2. The third kappa shape index (κ3) is 4.13. The lowest BCUT2D eigenvalue weighted by atomic mass is 9.93. The van der Waals surface area contributed by atoms with E-state index in [1.807, 2.05) is 52.0 Å². The van der Waals surface area contributed by atoms with Crippen molar-refractivity contribution in [2.45, 2.75) is 33.7 Å². The van der Waals surface area contributed by atoms with E-state index < -0.39 is 6.04 Å². The molecule has 2 aromatic rings. The topological polar surface area (TPSA) is 70.0 Å². The summed E-state index contributed by atoms with van der Waals surface area (Å²) in [6.07, 6.45) is 0. The van der Waals surface area contributed by atoms with Gasteiger partial charge < -0.3 is 5.32 Å². The highest BCUT2D eigenvalue weighted by Gasteiger charge is 2.26. The number of nitrogens with one attached hydrogen (secondary N) is 1. The van der Waals surface area contributed by atoms with Gasteiger partial charge in [-0.05, 0) is 43.0 Å². The molecule has 0 saturated carbocycles. The molecule has 1 amide bonds. The largest absolute Gasteiger partial charge is 0.342 e. The number of hydrogen-bond acceptors (Lipinski definition) is 3. The lowest BCUT2D eigenvalue weighted by Gasteiger charge is -2.22. The van der Waals surface area contributed by atoms with Gasteiger partial charge in [-0.3, -0.25) is 9.59 Å². The molecule has 4 nitrogen and oxygen atoms in total. The predicted molar refractivity (Wildman–Crippen MR) is 97.5 cm³/mol. The molecular formula is C21H22N2O2. The number of carbonyl (C=O) groups excluding carboxylic acids is 2. The molecule has 0 heterocycles. The Morgan fingerprint density at radius 3 is 2.04 bits per heavy atom. The molecule has 0 radical (unpaired) electrons. The van der Waals surface area contributed by atoms with Gasteiger partial charge in [0, 0.05) is 11.1 Å². The Kier molecular flexibility index (Phi) is 5.71. The predicted octanol–water partition coefficient (Wildman–Crippen LogP) is 3.81. The smallest absolute Gasteiger partial charge is 0.252 e. The maximum absolute atomic E-state index is 12.8. The summed E-state index contributed by atoms with van der Waals surface area (Å²) in [5.41, 5.74) is 3.36. The van der Waals surface area contributed by atoms with Crippen molar-refractivity contribution in [1.29, 1.82) is 5.26 Å². The van der Waals surface area contributed by atoms with Crippen molar-refractivity contribution in [2.24, 2.45) is 5.92 Å². The van der Waals surface area contributed by atoms with Crippen LogP contribution in [0.2, 0.25) is 0 Å². The first-order valence-corrected chi connectivity index (χ1v) is 8.26. The molecule has 128 valence electrons. The minimum Gasteiger partial charge on any atom is -0.342 e. The second-order valence-electron chi connectivity index (χ2n) is 6.52. The number of ketones is 1. The van der Waals surface area contributed by atoms with Crippen molar-refractivity contribution in [3.63, 3.8) is 0 Å². The quantitative estimate of drug-likeness (QED) is 0.845. The molecule has 0 fully saturated rings. The molecule has 4 heteroatoms. The van der Waals surface area contributed by atoms with Gasteiger partial charge in [0.2, 0.25) is 0 Å². The first-order chi connectivity index (χ1) is 11.8. The van der Waals surface area contributed by atoms with E-state index in [4.69, 9.17) is 5.26 Å². The van der Waals surface area contributed by atoms with Crippen LogP contribution in [-0.4, -0.2) is 17.7 Å². The van der Waals surface area contributed by atoms with Crippen LogP contribution in [-0.2, 0) is 0 Å². The molecule has 0 bridgehead atoms. The first kappa shape index (κ1) is 18.4. The summed E-state index contributed by atoms with van der Waals surface area (Å²) in [5.74, 6) is -0.452. The van der Waals surface area contributed by atoms with Gasteiger partial charge in [-0.15, -0.1) is 0 Å². The van der Waals surface area contributed by atoms with E-state index in [2.05, 4.69) is 5.32 Å². The van der Waals surface area contributed by atoms with Crippen LogP contribution in [0, 0.1) is 31.1 Å². The lowest BCUT2D eigenvalue weighted by Crippen LogP contribution is -2.44. The minimum absolute atomic E-state index is 0.0589.